The fourth-order valence-electron chi connectivity index (χ4n) is 5.77. The predicted molar refractivity (Wildman–Crippen MR) is 178 cm³/mol. The number of rotatable bonds is 33. The summed E-state index contributed by atoms with van der Waals surface area (Å²) in [6.07, 6.45) is 33.4. The lowest BCUT2D eigenvalue weighted by atomic mass is 9.86. The van der Waals surface area contributed by atoms with Crippen molar-refractivity contribution in [2.45, 2.75) is 199 Å². The highest BCUT2D eigenvalue weighted by molar-refractivity contribution is 6.38. The van der Waals surface area contributed by atoms with Gasteiger partial charge in [-0.15, -0.1) is 0 Å². The van der Waals surface area contributed by atoms with Crippen molar-refractivity contribution in [1.29, 1.82) is 0 Å². The van der Waals surface area contributed by atoms with E-state index in [2.05, 4.69) is 26.0 Å². The zero-order chi connectivity index (χ0) is 31.1. The molecule has 0 aromatic heterocycles. The van der Waals surface area contributed by atoms with Crippen LogP contribution in [0.3, 0.4) is 0 Å². The van der Waals surface area contributed by atoms with Crippen molar-refractivity contribution in [1.82, 2.24) is 0 Å². The monoisotopic (exact) mass is 595 g/mol. The molecule has 3 unspecified atom stereocenters. The summed E-state index contributed by atoms with van der Waals surface area (Å²) in [6, 6.07) is 0. The second-order valence-corrected chi connectivity index (χ2v) is 12.7. The van der Waals surface area contributed by atoms with Gasteiger partial charge in [0.25, 0.3) is 0 Å². The molecule has 0 heterocycles. The number of ketones is 2. The molecule has 248 valence electrons. The Hall–Kier alpha value is -1.04. The average Bonchev–Trinajstić information content (AvgIpc) is 3.00. The molecule has 5 nitrogen and oxygen atoms in total. The van der Waals surface area contributed by atoms with E-state index in [1.807, 2.05) is 0 Å². The zero-order valence-electron chi connectivity index (χ0n) is 27.8. The highest BCUT2D eigenvalue weighted by Gasteiger charge is 2.28. The van der Waals surface area contributed by atoms with Gasteiger partial charge in [-0.3, -0.25) is 9.59 Å². The van der Waals surface area contributed by atoms with E-state index in [-0.39, 0.29) is 12.3 Å². The second-order valence-electron chi connectivity index (χ2n) is 12.7. The average molecular weight is 595 g/mol. The van der Waals surface area contributed by atoms with E-state index in [4.69, 9.17) is 5.11 Å². The van der Waals surface area contributed by atoms with Crippen LogP contribution in [0, 0.1) is 5.92 Å². The van der Waals surface area contributed by atoms with Gasteiger partial charge in [0.15, 0.2) is 0 Å². The molecule has 0 aromatic rings. The first-order chi connectivity index (χ1) is 20.5. The molecule has 0 rings (SSSR count). The van der Waals surface area contributed by atoms with Gasteiger partial charge in [0.05, 0.1) is 12.7 Å². The third kappa shape index (κ3) is 25.5. The lowest BCUT2D eigenvalue weighted by Gasteiger charge is -2.22. The van der Waals surface area contributed by atoms with Crippen LogP contribution in [0.1, 0.15) is 187 Å². The fraction of sp³-hybridized carbons (Fsp3) is 0.892. The smallest absolute Gasteiger partial charge is 0.229 e. The molecule has 5 heteroatoms. The highest BCUT2D eigenvalue weighted by Crippen LogP contribution is 2.24. The maximum Gasteiger partial charge on any atom is 0.229 e. The normalized spacial score (nSPS) is 13.9. The van der Waals surface area contributed by atoms with E-state index in [0.717, 1.165) is 44.9 Å². The molecule has 0 saturated carbocycles. The van der Waals surface area contributed by atoms with Gasteiger partial charge in [-0.2, -0.15) is 0 Å². The first-order valence-electron chi connectivity index (χ1n) is 18.2. The van der Waals surface area contributed by atoms with E-state index in [9.17, 15) is 19.8 Å². The van der Waals surface area contributed by atoms with E-state index in [0.29, 0.717) is 12.8 Å². The summed E-state index contributed by atoms with van der Waals surface area (Å²) in [5, 5.41) is 29.6. The van der Waals surface area contributed by atoms with Crippen molar-refractivity contribution in [3.63, 3.8) is 0 Å². The Labute approximate surface area is 260 Å². The third-order valence-corrected chi connectivity index (χ3v) is 8.68. The minimum absolute atomic E-state index is 0.0480. The number of unbranched alkanes of at least 4 members (excludes halogenated alkanes) is 21. The first kappa shape index (κ1) is 41.0. The molecule has 3 atom stereocenters. The maximum atomic E-state index is 12.4. The van der Waals surface area contributed by atoms with Crippen LogP contribution in [0.5, 0.6) is 0 Å². The molecule has 42 heavy (non-hydrogen) atoms. The van der Waals surface area contributed by atoms with Gasteiger partial charge in [-0.25, -0.2) is 0 Å². The van der Waals surface area contributed by atoms with Crippen molar-refractivity contribution in [2.75, 3.05) is 6.61 Å². The molecular weight excluding hydrogens is 524 g/mol. The second kappa shape index (κ2) is 31.4. The largest absolute Gasteiger partial charge is 0.393 e. The summed E-state index contributed by atoms with van der Waals surface area (Å²) in [6.45, 7) is 3.76. The Bertz CT molecular complexity index is 632. The fourth-order valence-corrected chi connectivity index (χ4v) is 5.77. The summed E-state index contributed by atoms with van der Waals surface area (Å²) in [7, 11) is 0. The molecular formula is C37H70O5. The molecule has 0 aliphatic rings. The Morgan fingerprint density at radius 1 is 0.548 bits per heavy atom. The van der Waals surface area contributed by atoms with Crippen molar-refractivity contribution < 1.29 is 24.9 Å². The van der Waals surface area contributed by atoms with Crippen molar-refractivity contribution in [2.24, 2.45) is 5.92 Å². The van der Waals surface area contributed by atoms with Crippen LogP contribution < -0.4 is 0 Å². The highest BCUT2D eigenvalue weighted by atomic mass is 16.3. The SMILES string of the molecule is CCCCCCCCC=CCCCCCC(CC(=O)C(=O)C(O)CO)C(O)CCCCCCCCCCCCCCC. The molecule has 0 aromatic carbocycles. The van der Waals surface area contributed by atoms with Gasteiger partial charge in [0.1, 0.15) is 6.10 Å². The van der Waals surface area contributed by atoms with Crippen LogP contribution in [0.15, 0.2) is 12.2 Å². The van der Waals surface area contributed by atoms with Crippen molar-refractivity contribution in [3.8, 4) is 0 Å². The van der Waals surface area contributed by atoms with E-state index in [1.54, 1.807) is 0 Å². The lowest BCUT2D eigenvalue weighted by molar-refractivity contribution is -0.143. The number of hydrogen-bond acceptors (Lipinski definition) is 5. The number of carbonyl (C=O) groups excluding carboxylic acids is 2. The molecule has 0 saturated heterocycles. The number of Topliss-reactive ketones (excluding diaryl/α,β-unsaturated/α-hetero) is 2. The van der Waals surface area contributed by atoms with Crippen LogP contribution in [0.4, 0.5) is 0 Å². The van der Waals surface area contributed by atoms with Crippen LogP contribution >= 0.6 is 0 Å². The summed E-state index contributed by atoms with van der Waals surface area (Å²) >= 11 is 0. The molecule has 0 radical (unpaired) electrons. The Kier molecular flexibility index (Phi) is 30.6. The number of aliphatic hydroxyl groups excluding tert-OH is 3. The summed E-state index contributed by atoms with van der Waals surface area (Å²) in [5.74, 6) is -1.89. The molecule has 0 amide bonds. The van der Waals surface area contributed by atoms with Gasteiger partial charge >= 0.3 is 0 Å². The standard InChI is InChI=1S/C37H70O5/c1-3-5-7-9-11-13-15-17-19-21-23-25-27-29-33(31-35(40)37(42)36(41)32-38)34(39)30-28-26-24-22-20-18-16-14-12-10-8-6-4-2/h17,19,33-34,36,38-39,41H,3-16,18,20-32H2,1-2H3. The lowest BCUT2D eigenvalue weighted by Crippen LogP contribution is -2.34. The van der Waals surface area contributed by atoms with Gasteiger partial charge in [-0.1, -0.05) is 154 Å². The van der Waals surface area contributed by atoms with Gasteiger partial charge in [0, 0.05) is 6.42 Å². The Morgan fingerprint density at radius 3 is 1.38 bits per heavy atom. The first-order valence-corrected chi connectivity index (χ1v) is 18.2. The summed E-state index contributed by atoms with van der Waals surface area (Å²) < 4.78 is 0. The van der Waals surface area contributed by atoms with Crippen LogP contribution in [0.2, 0.25) is 0 Å². The van der Waals surface area contributed by atoms with E-state index in [1.165, 1.54) is 109 Å². The molecule has 0 aliphatic heterocycles. The van der Waals surface area contributed by atoms with E-state index < -0.39 is 30.4 Å². The molecule has 0 aliphatic carbocycles. The topological polar surface area (TPSA) is 94.8 Å². The minimum Gasteiger partial charge on any atom is -0.393 e. The molecule has 0 fully saturated rings. The molecule has 0 spiro atoms. The van der Waals surface area contributed by atoms with E-state index >= 15 is 0 Å². The quantitative estimate of drug-likeness (QED) is 0.0399. The van der Waals surface area contributed by atoms with Crippen molar-refractivity contribution >= 4 is 11.6 Å². The van der Waals surface area contributed by atoms with Crippen LogP contribution in [-0.2, 0) is 9.59 Å². The molecule has 0 bridgehead atoms. The summed E-state index contributed by atoms with van der Waals surface area (Å²) in [5.41, 5.74) is 0. The van der Waals surface area contributed by atoms with Crippen LogP contribution in [-0.4, -0.2) is 45.7 Å². The van der Waals surface area contributed by atoms with Crippen molar-refractivity contribution in [3.05, 3.63) is 12.2 Å². The third-order valence-electron chi connectivity index (χ3n) is 8.68. The summed E-state index contributed by atoms with van der Waals surface area (Å²) in [4.78, 5) is 24.5. The van der Waals surface area contributed by atoms with Gasteiger partial charge in [0.2, 0.25) is 11.6 Å². The van der Waals surface area contributed by atoms with Gasteiger partial charge < -0.3 is 15.3 Å². The van der Waals surface area contributed by atoms with Gasteiger partial charge in [-0.05, 0) is 44.4 Å². The number of hydrogen-bond donors (Lipinski definition) is 3. The Morgan fingerprint density at radius 2 is 0.929 bits per heavy atom. The van der Waals surface area contributed by atoms with Crippen LogP contribution in [0.25, 0.3) is 0 Å². The maximum absolute atomic E-state index is 12.4. The Balaban J connectivity index is 4.22. The zero-order valence-corrected chi connectivity index (χ0v) is 27.8. The number of aliphatic hydroxyl groups is 3. The predicted octanol–water partition coefficient (Wildman–Crippen LogP) is 9.58. The number of carbonyl (C=O) groups is 2. The number of allylic oxidation sites excluding steroid dienone is 2. The molecule has 3 N–H and O–H groups in total. The minimum atomic E-state index is -1.65.